The van der Waals surface area contributed by atoms with Gasteiger partial charge in [-0.05, 0) is 58.7 Å². The Balaban J connectivity index is 1.67. The van der Waals surface area contributed by atoms with Gasteiger partial charge in [0.2, 0.25) is 0 Å². The van der Waals surface area contributed by atoms with Gasteiger partial charge in [0.1, 0.15) is 0 Å². The molecule has 0 saturated carbocycles. The SMILES string of the molecule is Cc1cc(Br)oc1C(=O)Nc1cccc(CSc2ccccn2)c1. The minimum atomic E-state index is -0.257. The Morgan fingerprint density at radius 3 is 2.83 bits per heavy atom. The Bertz CT molecular complexity index is 849. The van der Waals surface area contributed by atoms with Gasteiger partial charge in [0.15, 0.2) is 10.4 Å². The molecule has 0 unspecified atom stereocenters. The third kappa shape index (κ3) is 4.27. The summed E-state index contributed by atoms with van der Waals surface area (Å²) in [6, 6.07) is 15.4. The van der Waals surface area contributed by atoms with E-state index >= 15 is 0 Å². The highest BCUT2D eigenvalue weighted by molar-refractivity contribution is 9.10. The van der Waals surface area contributed by atoms with Crippen molar-refractivity contribution in [2.45, 2.75) is 17.7 Å². The number of nitrogens with one attached hydrogen (secondary N) is 1. The lowest BCUT2D eigenvalue weighted by Crippen LogP contribution is -2.12. The number of rotatable bonds is 5. The first-order valence-electron chi connectivity index (χ1n) is 7.32. The van der Waals surface area contributed by atoms with Crippen LogP contribution < -0.4 is 5.32 Å². The Kier molecular flexibility index (Phi) is 5.37. The fraction of sp³-hybridized carbons (Fsp3) is 0.111. The minimum absolute atomic E-state index is 0.257. The van der Waals surface area contributed by atoms with E-state index < -0.39 is 0 Å². The number of thioether (sulfide) groups is 1. The van der Waals surface area contributed by atoms with Gasteiger partial charge in [-0.1, -0.05) is 18.2 Å². The number of amides is 1. The van der Waals surface area contributed by atoms with Crippen molar-refractivity contribution in [2.24, 2.45) is 0 Å². The van der Waals surface area contributed by atoms with E-state index in [1.807, 2.05) is 49.4 Å². The fourth-order valence-corrected chi connectivity index (χ4v) is 3.49. The fourth-order valence-electron chi connectivity index (χ4n) is 2.19. The number of hydrogen-bond donors (Lipinski definition) is 1. The lowest BCUT2D eigenvalue weighted by molar-refractivity contribution is 0.0994. The molecule has 1 N–H and O–H groups in total. The van der Waals surface area contributed by atoms with Gasteiger partial charge in [0.05, 0.1) is 5.03 Å². The Morgan fingerprint density at radius 1 is 1.25 bits per heavy atom. The highest BCUT2D eigenvalue weighted by Gasteiger charge is 2.15. The van der Waals surface area contributed by atoms with E-state index in [0.29, 0.717) is 10.4 Å². The number of carbonyl (C=O) groups excluding carboxylic acids is 1. The Labute approximate surface area is 152 Å². The van der Waals surface area contributed by atoms with Crippen molar-refractivity contribution >= 4 is 39.3 Å². The van der Waals surface area contributed by atoms with E-state index in [2.05, 4.69) is 26.2 Å². The molecule has 122 valence electrons. The molecule has 1 aromatic carbocycles. The number of aryl methyl sites for hydroxylation is 1. The predicted octanol–water partition coefficient (Wildman–Crippen LogP) is 5.29. The second-order valence-electron chi connectivity index (χ2n) is 5.17. The lowest BCUT2D eigenvalue weighted by atomic mass is 10.2. The molecule has 6 heteroatoms. The molecule has 1 amide bonds. The normalized spacial score (nSPS) is 10.6. The van der Waals surface area contributed by atoms with Crippen LogP contribution in [0.25, 0.3) is 0 Å². The number of furan rings is 1. The molecule has 0 aliphatic heterocycles. The molecular weight excluding hydrogens is 388 g/mol. The standard InChI is InChI=1S/C18H15BrN2O2S/c1-12-9-15(19)23-17(12)18(22)21-14-6-4-5-13(10-14)11-24-16-7-2-3-8-20-16/h2-10H,11H2,1H3,(H,21,22). The van der Waals surface area contributed by atoms with Crippen molar-refractivity contribution < 1.29 is 9.21 Å². The van der Waals surface area contributed by atoms with Crippen molar-refractivity contribution in [3.8, 4) is 0 Å². The van der Waals surface area contributed by atoms with E-state index in [-0.39, 0.29) is 5.91 Å². The molecule has 2 aromatic heterocycles. The van der Waals surface area contributed by atoms with Crippen LogP contribution in [-0.2, 0) is 5.75 Å². The molecule has 3 aromatic rings. The summed E-state index contributed by atoms with van der Waals surface area (Å²) in [4.78, 5) is 16.6. The number of hydrogen-bond acceptors (Lipinski definition) is 4. The number of halogens is 1. The van der Waals surface area contributed by atoms with Gasteiger partial charge in [-0.25, -0.2) is 4.98 Å². The molecule has 3 rings (SSSR count). The molecule has 0 spiro atoms. The molecular formula is C18H15BrN2O2S. The van der Waals surface area contributed by atoms with Gasteiger partial charge < -0.3 is 9.73 Å². The summed E-state index contributed by atoms with van der Waals surface area (Å²) in [6.07, 6.45) is 1.78. The largest absolute Gasteiger partial charge is 0.444 e. The molecule has 0 radical (unpaired) electrons. The molecule has 0 bridgehead atoms. The summed E-state index contributed by atoms with van der Waals surface area (Å²) in [5, 5.41) is 3.85. The maximum Gasteiger partial charge on any atom is 0.291 e. The van der Waals surface area contributed by atoms with Gasteiger partial charge in [-0.3, -0.25) is 4.79 Å². The molecule has 0 saturated heterocycles. The minimum Gasteiger partial charge on any atom is -0.444 e. The van der Waals surface area contributed by atoms with Gasteiger partial charge >= 0.3 is 0 Å². The summed E-state index contributed by atoms with van der Waals surface area (Å²) in [5.74, 6) is 0.842. The topological polar surface area (TPSA) is 55.1 Å². The van der Waals surface area contributed by atoms with E-state index in [4.69, 9.17) is 4.42 Å². The maximum absolute atomic E-state index is 12.3. The van der Waals surface area contributed by atoms with Crippen LogP contribution in [0.4, 0.5) is 5.69 Å². The average Bonchev–Trinajstić information content (AvgIpc) is 2.93. The average molecular weight is 403 g/mol. The van der Waals surface area contributed by atoms with E-state index in [1.54, 1.807) is 24.0 Å². The van der Waals surface area contributed by atoms with Crippen LogP contribution >= 0.6 is 27.7 Å². The van der Waals surface area contributed by atoms with Crippen molar-refractivity contribution in [3.63, 3.8) is 0 Å². The highest BCUT2D eigenvalue weighted by atomic mass is 79.9. The second-order valence-corrected chi connectivity index (χ2v) is 6.95. The van der Waals surface area contributed by atoms with Crippen molar-refractivity contribution in [2.75, 3.05) is 5.32 Å². The predicted molar refractivity (Wildman–Crippen MR) is 99.3 cm³/mol. The van der Waals surface area contributed by atoms with E-state index in [1.165, 1.54) is 0 Å². The maximum atomic E-state index is 12.3. The molecule has 0 atom stereocenters. The number of pyridine rings is 1. The summed E-state index contributed by atoms with van der Waals surface area (Å²) in [6.45, 7) is 1.84. The van der Waals surface area contributed by atoms with Gasteiger partial charge in [-0.15, -0.1) is 11.8 Å². The molecule has 2 heterocycles. The summed E-state index contributed by atoms with van der Waals surface area (Å²) in [7, 11) is 0. The van der Waals surface area contributed by atoms with Crippen LogP contribution in [-0.4, -0.2) is 10.9 Å². The van der Waals surface area contributed by atoms with Crippen molar-refractivity contribution in [1.29, 1.82) is 0 Å². The molecule has 24 heavy (non-hydrogen) atoms. The first-order chi connectivity index (χ1) is 11.6. The highest BCUT2D eigenvalue weighted by Crippen LogP contribution is 2.23. The number of benzene rings is 1. The van der Waals surface area contributed by atoms with E-state index in [9.17, 15) is 4.79 Å². The number of nitrogens with zero attached hydrogens (tertiary/aromatic N) is 1. The van der Waals surface area contributed by atoms with Crippen LogP contribution in [0, 0.1) is 6.92 Å². The molecule has 4 nitrogen and oxygen atoms in total. The second kappa shape index (κ2) is 7.68. The van der Waals surface area contributed by atoms with Gasteiger partial charge in [-0.2, -0.15) is 0 Å². The summed E-state index contributed by atoms with van der Waals surface area (Å²) < 4.78 is 5.92. The third-order valence-electron chi connectivity index (χ3n) is 3.30. The van der Waals surface area contributed by atoms with Gasteiger partial charge in [0, 0.05) is 23.2 Å². The zero-order chi connectivity index (χ0) is 16.9. The van der Waals surface area contributed by atoms with Crippen LogP contribution in [0.3, 0.4) is 0 Å². The summed E-state index contributed by atoms with van der Waals surface area (Å²) in [5.41, 5.74) is 2.65. The smallest absolute Gasteiger partial charge is 0.291 e. The molecule has 0 fully saturated rings. The van der Waals surface area contributed by atoms with Crippen molar-refractivity contribution in [1.82, 2.24) is 4.98 Å². The van der Waals surface area contributed by atoms with Crippen LogP contribution in [0.15, 0.2) is 68.8 Å². The first-order valence-corrected chi connectivity index (χ1v) is 9.10. The van der Waals surface area contributed by atoms with Crippen molar-refractivity contribution in [3.05, 3.63) is 76.3 Å². The number of anilines is 1. The number of carbonyl (C=O) groups is 1. The van der Waals surface area contributed by atoms with Crippen LogP contribution in [0.1, 0.15) is 21.7 Å². The van der Waals surface area contributed by atoms with Crippen LogP contribution in [0.5, 0.6) is 0 Å². The monoisotopic (exact) mass is 402 g/mol. The zero-order valence-corrected chi connectivity index (χ0v) is 15.4. The molecule has 0 aliphatic carbocycles. The molecule has 0 aliphatic rings. The van der Waals surface area contributed by atoms with Gasteiger partial charge in [0.25, 0.3) is 5.91 Å². The Morgan fingerprint density at radius 2 is 2.12 bits per heavy atom. The first kappa shape index (κ1) is 16.8. The Hall–Kier alpha value is -2.05. The lowest BCUT2D eigenvalue weighted by Gasteiger charge is -2.07. The van der Waals surface area contributed by atoms with E-state index in [0.717, 1.165) is 27.6 Å². The summed E-state index contributed by atoms with van der Waals surface area (Å²) >= 11 is 4.89. The van der Waals surface area contributed by atoms with Crippen LogP contribution in [0.2, 0.25) is 0 Å². The quantitative estimate of drug-likeness (QED) is 0.588. The number of aromatic nitrogens is 1. The third-order valence-corrected chi connectivity index (χ3v) is 4.71. The zero-order valence-electron chi connectivity index (χ0n) is 13.0.